The Morgan fingerprint density at radius 3 is 2.66 bits per heavy atom. The quantitative estimate of drug-likeness (QED) is 0.402. The number of hydrogen-bond donors (Lipinski definition) is 3. The molecule has 0 aliphatic carbocycles. The molecule has 32 heavy (non-hydrogen) atoms. The number of amides is 4. The van der Waals surface area contributed by atoms with Crippen LogP contribution in [0.3, 0.4) is 0 Å². The van der Waals surface area contributed by atoms with Crippen LogP contribution in [-0.2, 0) is 11.3 Å². The number of anilines is 2. The van der Waals surface area contributed by atoms with Gasteiger partial charge in [-0.2, -0.15) is 0 Å². The van der Waals surface area contributed by atoms with Crippen LogP contribution in [0.1, 0.15) is 28.8 Å². The van der Waals surface area contributed by atoms with E-state index in [0.29, 0.717) is 36.0 Å². The van der Waals surface area contributed by atoms with Crippen molar-refractivity contribution in [1.82, 2.24) is 15.1 Å². The summed E-state index contributed by atoms with van der Waals surface area (Å²) in [6.45, 7) is 1.37. The standard InChI is InChI=1S/C22H23FIN5O3/c23-16-9-14(10-17(24)20(16)25)21(31)26-11-19(30)28-7-5-15(6-8-28)29-12-13-3-1-2-4-18(13)27-22(29)32/h1-4,9-10,15H,5-8,11-12,25H2,(H,26,31)(H,27,32). The van der Waals surface area contributed by atoms with Crippen LogP contribution in [0.25, 0.3) is 0 Å². The topological polar surface area (TPSA) is 108 Å². The Labute approximate surface area is 198 Å². The number of piperidine rings is 1. The molecule has 2 aliphatic heterocycles. The largest absolute Gasteiger partial charge is 0.395 e. The number of nitrogen functional groups attached to an aromatic ring is 1. The molecule has 0 atom stereocenters. The van der Waals surface area contributed by atoms with Gasteiger partial charge in [-0.1, -0.05) is 18.2 Å². The molecule has 0 saturated carbocycles. The number of rotatable bonds is 4. The molecule has 0 aromatic heterocycles. The van der Waals surface area contributed by atoms with Crippen molar-refractivity contribution in [2.24, 2.45) is 0 Å². The zero-order valence-electron chi connectivity index (χ0n) is 17.2. The van der Waals surface area contributed by atoms with Crippen LogP contribution in [0.5, 0.6) is 0 Å². The molecule has 2 aliphatic rings. The maximum atomic E-state index is 13.8. The first-order valence-electron chi connectivity index (χ1n) is 10.3. The summed E-state index contributed by atoms with van der Waals surface area (Å²) in [7, 11) is 0. The van der Waals surface area contributed by atoms with E-state index in [1.807, 2.05) is 51.8 Å². The lowest BCUT2D eigenvalue weighted by Gasteiger charge is -2.40. The van der Waals surface area contributed by atoms with Crippen LogP contribution in [-0.4, -0.2) is 53.3 Å². The molecule has 2 aromatic rings. The summed E-state index contributed by atoms with van der Waals surface area (Å²) in [5.41, 5.74) is 7.58. The van der Waals surface area contributed by atoms with Crippen molar-refractivity contribution in [3.05, 3.63) is 56.9 Å². The number of fused-ring (bicyclic) bond motifs is 1. The molecule has 0 bridgehead atoms. The van der Waals surface area contributed by atoms with Crippen molar-refractivity contribution in [1.29, 1.82) is 0 Å². The zero-order valence-corrected chi connectivity index (χ0v) is 19.4. The Kier molecular flexibility index (Phi) is 6.49. The number of carbonyl (C=O) groups excluding carboxylic acids is 3. The molecular formula is C22H23FIN5O3. The lowest BCUT2D eigenvalue weighted by molar-refractivity contribution is -0.131. The van der Waals surface area contributed by atoms with Crippen molar-refractivity contribution in [3.63, 3.8) is 0 Å². The van der Waals surface area contributed by atoms with E-state index in [1.54, 1.807) is 4.90 Å². The molecule has 0 spiro atoms. The maximum absolute atomic E-state index is 13.8. The minimum absolute atomic E-state index is 0.00743. The van der Waals surface area contributed by atoms with Gasteiger partial charge in [-0.05, 0) is 59.2 Å². The third-order valence-corrected chi connectivity index (χ3v) is 6.75. The lowest BCUT2D eigenvalue weighted by atomic mass is 10.0. The monoisotopic (exact) mass is 551 g/mol. The minimum Gasteiger partial charge on any atom is -0.395 e. The van der Waals surface area contributed by atoms with E-state index < -0.39 is 11.7 Å². The van der Waals surface area contributed by atoms with Crippen LogP contribution < -0.4 is 16.4 Å². The second kappa shape index (κ2) is 9.31. The van der Waals surface area contributed by atoms with E-state index in [1.165, 1.54) is 6.07 Å². The van der Waals surface area contributed by atoms with Gasteiger partial charge in [0.2, 0.25) is 5.91 Å². The highest BCUT2D eigenvalue weighted by Crippen LogP contribution is 2.27. The second-order valence-corrected chi connectivity index (χ2v) is 9.03. The summed E-state index contributed by atoms with van der Waals surface area (Å²) >= 11 is 1.86. The van der Waals surface area contributed by atoms with Gasteiger partial charge in [0.05, 0.1) is 12.2 Å². The molecule has 2 aromatic carbocycles. The molecule has 4 rings (SSSR count). The number of likely N-dealkylation sites (tertiary alicyclic amines) is 1. The Balaban J connectivity index is 1.28. The van der Waals surface area contributed by atoms with Crippen molar-refractivity contribution >= 4 is 51.8 Å². The number of nitrogens with two attached hydrogens (primary N) is 1. The third kappa shape index (κ3) is 4.64. The third-order valence-electron chi connectivity index (χ3n) is 5.86. The summed E-state index contributed by atoms with van der Waals surface area (Å²) in [6.07, 6.45) is 1.33. The number of carbonyl (C=O) groups is 3. The van der Waals surface area contributed by atoms with Crippen molar-refractivity contribution in [2.45, 2.75) is 25.4 Å². The predicted octanol–water partition coefficient (Wildman–Crippen LogP) is 2.78. The van der Waals surface area contributed by atoms with Gasteiger partial charge in [-0.3, -0.25) is 9.59 Å². The molecule has 4 N–H and O–H groups in total. The van der Waals surface area contributed by atoms with Crippen molar-refractivity contribution in [2.75, 3.05) is 30.7 Å². The van der Waals surface area contributed by atoms with E-state index in [0.717, 1.165) is 17.3 Å². The first kappa shape index (κ1) is 22.3. The van der Waals surface area contributed by atoms with Crippen LogP contribution in [0.4, 0.5) is 20.6 Å². The predicted molar refractivity (Wildman–Crippen MR) is 126 cm³/mol. The highest BCUT2D eigenvalue weighted by Gasteiger charge is 2.32. The molecule has 0 unspecified atom stereocenters. The number of nitrogens with zero attached hydrogens (tertiary/aromatic N) is 2. The van der Waals surface area contributed by atoms with Crippen molar-refractivity contribution in [3.8, 4) is 0 Å². The Bertz CT molecular complexity index is 1050. The van der Waals surface area contributed by atoms with Gasteiger partial charge in [0, 0.05) is 40.5 Å². The van der Waals surface area contributed by atoms with E-state index >= 15 is 0 Å². The minimum atomic E-state index is -0.667. The fourth-order valence-electron chi connectivity index (χ4n) is 4.03. The lowest BCUT2D eigenvalue weighted by Crippen LogP contribution is -2.52. The van der Waals surface area contributed by atoms with Gasteiger partial charge in [-0.15, -0.1) is 0 Å². The van der Waals surface area contributed by atoms with Gasteiger partial charge in [-0.25, -0.2) is 9.18 Å². The fraction of sp³-hybridized carbons (Fsp3) is 0.318. The fourth-order valence-corrected chi connectivity index (χ4v) is 4.62. The van der Waals surface area contributed by atoms with Gasteiger partial charge < -0.3 is 26.2 Å². The van der Waals surface area contributed by atoms with Crippen LogP contribution in [0.2, 0.25) is 0 Å². The number of halogens is 2. The molecular weight excluding hydrogens is 528 g/mol. The highest BCUT2D eigenvalue weighted by molar-refractivity contribution is 14.1. The molecule has 2 heterocycles. The molecule has 0 radical (unpaired) electrons. The van der Waals surface area contributed by atoms with Crippen molar-refractivity contribution < 1.29 is 18.8 Å². The number of nitrogens with one attached hydrogen (secondary N) is 2. The molecule has 4 amide bonds. The normalized spacial score (nSPS) is 16.4. The molecule has 8 nitrogen and oxygen atoms in total. The summed E-state index contributed by atoms with van der Waals surface area (Å²) in [6, 6.07) is 10.2. The highest BCUT2D eigenvalue weighted by atomic mass is 127. The zero-order chi connectivity index (χ0) is 22.8. The summed E-state index contributed by atoms with van der Waals surface area (Å²) in [4.78, 5) is 40.9. The van der Waals surface area contributed by atoms with E-state index in [-0.39, 0.29) is 35.8 Å². The Morgan fingerprint density at radius 2 is 1.94 bits per heavy atom. The van der Waals surface area contributed by atoms with Gasteiger partial charge in [0.25, 0.3) is 5.91 Å². The average molecular weight is 551 g/mol. The first-order valence-corrected chi connectivity index (χ1v) is 11.4. The van der Waals surface area contributed by atoms with Gasteiger partial charge >= 0.3 is 6.03 Å². The Hall–Kier alpha value is -2.89. The number of benzene rings is 2. The average Bonchev–Trinajstić information content (AvgIpc) is 2.80. The second-order valence-electron chi connectivity index (χ2n) is 7.86. The SMILES string of the molecule is Nc1c(F)cc(C(=O)NCC(=O)N2CCC(N3Cc4ccccc4NC3=O)CC2)cc1I. The first-order chi connectivity index (χ1) is 15.3. The number of para-hydroxylation sites is 1. The number of hydrogen-bond acceptors (Lipinski definition) is 4. The smallest absolute Gasteiger partial charge is 0.322 e. The van der Waals surface area contributed by atoms with E-state index in [9.17, 15) is 18.8 Å². The Morgan fingerprint density at radius 1 is 1.22 bits per heavy atom. The maximum Gasteiger partial charge on any atom is 0.322 e. The van der Waals surface area contributed by atoms with Gasteiger partial charge in [0.1, 0.15) is 5.82 Å². The van der Waals surface area contributed by atoms with Crippen LogP contribution in [0, 0.1) is 9.39 Å². The molecule has 1 saturated heterocycles. The van der Waals surface area contributed by atoms with E-state index in [4.69, 9.17) is 5.73 Å². The number of urea groups is 1. The van der Waals surface area contributed by atoms with Gasteiger partial charge in [0.15, 0.2) is 0 Å². The summed E-state index contributed by atoms with van der Waals surface area (Å²) < 4.78 is 14.2. The summed E-state index contributed by atoms with van der Waals surface area (Å²) in [5.74, 6) is -1.41. The molecule has 168 valence electrons. The molecule has 10 heteroatoms. The summed E-state index contributed by atoms with van der Waals surface area (Å²) in [5, 5.41) is 5.47. The van der Waals surface area contributed by atoms with Crippen LogP contribution >= 0.6 is 22.6 Å². The molecule has 1 fully saturated rings. The van der Waals surface area contributed by atoms with E-state index in [2.05, 4.69) is 10.6 Å². The van der Waals surface area contributed by atoms with Crippen LogP contribution in [0.15, 0.2) is 36.4 Å².